The van der Waals surface area contributed by atoms with E-state index in [1.54, 1.807) is 18.2 Å². The average Bonchev–Trinajstić information content (AvgIpc) is 3.23. The molecule has 0 bridgehead atoms. The number of amides is 1. The average molecular weight is 436 g/mol. The number of anilines is 1. The number of piperidine rings is 1. The van der Waals surface area contributed by atoms with Gasteiger partial charge in [-0.05, 0) is 56.3 Å². The van der Waals surface area contributed by atoms with E-state index in [1.165, 1.54) is 0 Å². The van der Waals surface area contributed by atoms with E-state index < -0.39 is 0 Å². The molecule has 3 heterocycles. The van der Waals surface area contributed by atoms with Gasteiger partial charge in [0.05, 0.1) is 17.1 Å². The summed E-state index contributed by atoms with van der Waals surface area (Å²) in [5.41, 5.74) is 3.71. The van der Waals surface area contributed by atoms with Crippen LogP contribution in [0, 0.1) is 0 Å². The number of carbonyl (C=O) groups is 1. The Labute approximate surface area is 187 Å². The summed E-state index contributed by atoms with van der Waals surface area (Å²) in [5, 5.41) is 3.21. The van der Waals surface area contributed by atoms with Crippen molar-refractivity contribution in [1.82, 2.24) is 20.2 Å². The normalized spacial score (nSPS) is 20.8. The smallest absolute Gasteiger partial charge is 0.251 e. The first-order chi connectivity index (χ1) is 15.5. The molecule has 1 amide bonds. The molecule has 0 unspecified atom stereocenters. The fourth-order valence-electron chi connectivity index (χ4n) is 4.44. The van der Waals surface area contributed by atoms with Crippen LogP contribution < -0.4 is 19.7 Å². The molecular weight excluding hydrogens is 406 g/mol. The van der Waals surface area contributed by atoms with Gasteiger partial charge in [-0.25, -0.2) is 4.98 Å². The van der Waals surface area contributed by atoms with Gasteiger partial charge >= 0.3 is 0 Å². The molecule has 8 heteroatoms. The minimum Gasteiger partial charge on any atom is -0.486 e. The maximum atomic E-state index is 12.9. The number of likely N-dealkylation sites (tertiary alicyclic amines) is 1. The van der Waals surface area contributed by atoms with Crippen LogP contribution in [0.4, 0.5) is 5.69 Å². The second kappa shape index (κ2) is 8.35. The third-order valence-electron chi connectivity index (χ3n) is 6.33. The van der Waals surface area contributed by atoms with Crippen LogP contribution in [0.25, 0.3) is 11.0 Å². The van der Waals surface area contributed by atoms with Gasteiger partial charge < -0.3 is 24.7 Å². The van der Waals surface area contributed by atoms with Crippen molar-refractivity contribution in [3.05, 3.63) is 47.8 Å². The van der Waals surface area contributed by atoms with Crippen LogP contribution in [0.1, 0.15) is 35.1 Å². The number of ether oxygens (including phenoxy) is 2. The van der Waals surface area contributed by atoms with E-state index in [0.29, 0.717) is 30.3 Å². The molecule has 1 fully saturated rings. The molecule has 8 nitrogen and oxygen atoms in total. The van der Waals surface area contributed by atoms with Gasteiger partial charge in [0.25, 0.3) is 5.91 Å². The molecule has 0 radical (unpaired) electrons. The molecule has 2 aromatic carbocycles. The largest absolute Gasteiger partial charge is 0.486 e. The number of aromatic amines is 1. The second-order valence-corrected chi connectivity index (χ2v) is 8.77. The first kappa shape index (κ1) is 20.6. The highest BCUT2D eigenvalue weighted by molar-refractivity contribution is 5.95. The summed E-state index contributed by atoms with van der Waals surface area (Å²) in [7, 11) is 6.17. The molecule has 1 aromatic heterocycles. The van der Waals surface area contributed by atoms with Gasteiger partial charge in [-0.15, -0.1) is 0 Å². The number of hydrogen-bond donors (Lipinski definition) is 2. The van der Waals surface area contributed by atoms with Crippen molar-refractivity contribution in [2.75, 3.05) is 45.8 Å². The highest BCUT2D eigenvalue weighted by Crippen LogP contribution is 2.32. The van der Waals surface area contributed by atoms with Crippen molar-refractivity contribution in [3.8, 4) is 11.5 Å². The summed E-state index contributed by atoms with van der Waals surface area (Å²) in [6, 6.07) is 11.8. The first-order valence-corrected chi connectivity index (χ1v) is 11.1. The number of nitrogens with zero attached hydrogens (tertiary/aromatic N) is 3. The highest BCUT2D eigenvalue weighted by Gasteiger charge is 2.30. The lowest BCUT2D eigenvalue weighted by Crippen LogP contribution is -2.45. The zero-order chi connectivity index (χ0) is 22.2. The van der Waals surface area contributed by atoms with E-state index >= 15 is 0 Å². The van der Waals surface area contributed by atoms with E-state index in [1.807, 2.05) is 14.1 Å². The van der Waals surface area contributed by atoms with Crippen LogP contribution in [0.15, 0.2) is 36.4 Å². The number of benzene rings is 2. The molecule has 0 spiro atoms. The molecule has 1 saturated heterocycles. The fourth-order valence-corrected chi connectivity index (χ4v) is 4.44. The zero-order valence-corrected chi connectivity index (χ0v) is 18.7. The van der Waals surface area contributed by atoms with Crippen LogP contribution in [0.5, 0.6) is 11.5 Å². The van der Waals surface area contributed by atoms with Gasteiger partial charge in [0.2, 0.25) is 0 Å². The van der Waals surface area contributed by atoms with E-state index in [9.17, 15) is 4.79 Å². The lowest BCUT2D eigenvalue weighted by molar-refractivity contribution is 0.0883. The Hall–Kier alpha value is -3.26. The first-order valence-electron chi connectivity index (χ1n) is 11.1. The van der Waals surface area contributed by atoms with Gasteiger partial charge in [-0.2, -0.15) is 0 Å². The third kappa shape index (κ3) is 3.98. The molecule has 0 saturated carbocycles. The van der Waals surface area contributed by atoms with Gasteiger partial charge in [-0.1, -0.05) is 0 Å². The van der Waals surface area contributed by atoms with Crippen molar-refractivity contribution in [1.29, 1.82) is 0 Å². The number of carbonyl (C=O) groups excluding carboxylic acids is 1. The van der Waals surface area contributed by atoms with Gasteiger partial charge in [0.1, 0.15) is 19.0 Å². The van der Waals surface area contributed by atoms with E-state index in [4.69, 9.17) is 14.5 Å². The fraction of sp³-hybridized carbons (Fsp3) is 0.417. The third-order valence-corrected chi connectivity index (χ3v) is 6.33. The zero-order valence-electron chi connectivity index (χ0n) is 18.7. The second-order valence-electron chi connectivity index (χ2n) is 8.77. The van der Waals surface area contributed by atoms with Crippen LogP contribution in [-0.4, -0.2) is 67.7 Å². The Morgan fingerprint density at radius 3 is 2.78 bits per heavy atom. The number of H-pyrrole nitrogens is 1. The number of imidazole rings is 1. The topological polar surface area (TPSA) is 82.7 Å². The predicted octanol–water partition coefficient (Wildman–Crippen LogP) is 2.97. The van der Waals surface area contributed by atoms with Crippen molar-refractivity contribution < 1.29 is 14.3 Å². The molecule has 2 atom stereocenters. The molecule has 3 aromatic rings. The number of fused-ring (bicyclic) bond motifs is 2. The Bertz CT molecular complexity index is 1140. The standard InChI is InChI=1S/C24H29N5O3/c1-28(2)17-5-6-18-19(14-17)27-23(26-18)20-13-16(8-9-29(20)3)25-24(30)15-4-7-21-22(12-15)32-11-10-31-21/h4-7,12,14,16,20H,8-11,13H2,1-3H3,(H,25,30)(H,26,27)/t16-,20-/m1/s1. The van der Waals surface area contributed by atoms with Crippen LogP contribution >= 0.6 is 0 Å². The molecule has 2 N–H and O–H groups in total. The monoisotopic (exact) mass is 435 g/mol. The van der Waals surface area contributed by atoms with Crippen molar-refractivity contribution in [2.24, 2.45) is 0 Å². The molecule has 2 aliphatic heterocycles. The van der Waals surface area contributed by atoms with Crippen LogP contribution in [0.3, 0.4) is 0 Å². The van der Waals surface area contributed by atoms with E-state index in [2.05, 4.69) is 45.3 Å². The van der Waals surface area contributed by atoms with Crippen LogP contribution in [0.2, 0.25) is 0 Å². The Balaban J connectivity index is 1.31. The molecule has 0 aliphatic carbocycles. The van der Waals surface area contributed by atoms with E-state index in [-0.39, 0.29) is 18.0 Å². The quantitative estimate of drug-likeness (QED) is 0.656. The summed E-state index contributed by atoms with van der Waals surface area (Å²) in [6.07, 6.45) is 1.70. The SMILES string of the molecule is CN(C)c1ccc2nc([C@H]3C[C@H](NC(=O)c4ccc5c(c4)OCCO5)CCN3C)[nH]c2c1. The molecule has 32 heavy (non-hydrogen) atoms. The van der Waals surface area contributed by atoms with Crippen molar-refractivity contribution >= 4 is 22.6 Å². The van der Waals surface area contributed by atoms with E-state index in [0.717, 1.165) is 41.9 Å². The maximum absolute atomic E-state index is 12.9. The minimum absolute atomic E-state index is 0.0717. The summed E-state index contributed by atoms with van der Waals surface area (Å²) in [4.78, 5) is 25.7. The highest BCUT2D eigenvalue weighted by atomic mass is 16.6. The Kier molecular flexibility index (Phi) is 5.38. The van der Waals surface area contributed by atoms with Gasteiger partial charge in [-0.3, -0.25) is 9.69 Å². The minimum atomic E-state index is -0.0875. The van der Waals surface area contributed by atoms with Crippen molar-refractivity contribution in [3.63, 3.8) is 0 Å². The number of rotatable bonds is 4. The molecule has 168 valence electrons. The summed E-state index contributed by atoms with van der Waals surface area (Å²) in [5.74, 6) is 2.17. The Morgan fingerprint density at radius 2 is 1.97 bits per heavy atom. The molecule has 2 aliphatic rings. The maximum Gasteiger partial charge on any atom is 0.251 e. The number of aromatic nitrogens is 2. The lowest BCUT2D eigenvalue weighted by Gasteiger charge is -2.36. The van der Waals surface area contributed by atoms with Crippen molar-refractivity contribution in [2.45, 2.75) is 24.9 Å². The Morgan fingerprint density at radius 1 is 1.16 bits per heavy atom. The number of nitrogens with one attached hydrogen (secondary N) is 2. The predicted molar refractivity (Wildman–Crippen MR) is 124 cm³/mol. The summed E-state index contributed by atoms with van der Waals surface area (Å²) >= 11 is 0. The number of hydrogen-bond acceptors (Lipinski definition) is 6. The van der Waals surface area contributed by atoms with Crippen LogP contribution in [-0.2, 0) is 0 Å². The molecule has 5 rings (SSSR count). The summed E-state index contributed by atoms with van der Waals surface area (Å²) in [6.45, 7) is 1.92. The lowest BCUT2D eigenvalue weighted by atomic mass is 9.96. The molecular formula is C24H29N5O3. The van der Waals surface area contributed by atoms with Gasteiger partial charge in [0.15, 0.2) is 11.5 Å². The summed E-state index contributed by atoms with van der Waals surface area (Å²) < 4.78 is 11.2. The van der Waals surface area contributed by atoms with Gasteiger partial charge in [0, 0.05) is 37.9 Å².